The third-order valence-electron chi connectivity index (χ3n) is 3.85. The van der Waals surface area contributed by atoms with Crippen LogP contribution in [0.2, 0.25) is 0 Å². The smallest absolute Gasteiger partial charge is 0.488 e. The molecule has 0 spiro atoms. The van der Waals surface area contributed by atoms with Crippen LogP contribution in [0.25, 0.3) is 0 Å². The number of ether oxygens (including phenoxy) is 1. The minimum atomic E-state index is -3.70. The van der Waals surface area contributed by atoms with Crippen LogP contribution >= 0.6 is 0 Å². The summed E-state index contributed by atoms with van der Waals surface area (Å²) in [6.07, 6.45) is 1.65. The van der Waals surface area contributed by atoms with E-state index < -0.39 is 17.1 Å². The Balaban J connectivity index is 2.40. The van der Waals surface area contributed by atoms with E-state index in [4.69, 9.17) is 4.74 Å². The first-order valence-electron chi connectivity index (χ1n) is 6.90. The minimum absolute atomic E-state index is 0.0230. The van der Waals surface area contributed by atoms with Gasteiger partial charge in [-0.05, 0) is 36.4 Å². The van der Waals surface area contributed by atoms with E-state index in [2.05, 4.69) is 6.92 Å². The molecule has 2 N–H and O–H groups in total. The zero-order valence-corrected chi connectivity index (χ0v) is 13.0. The second kappa shape index (κ2) is 6.35. The van der Waals surface area contributed by atoms with E-state index >= 15 is 0 Å². The van der Waals surface area contributed by atoms with Gasteiger partial charge in [0.25, 0.3) is 0 Å². The van der Waals surface area contributed by atoms with Crippen molar-refractivity contribution in [3.05, 3.63) is 18.2 Å². The van der Waals surface area contributed by atoms with Crippen LogP contribution in [0.5, 0.6) is 5.75 Å². The highest BCUT2D eigenvalue weighted by Gasteiger charge is 2.31. The van der Waals surface area contributed by atoms with Gasteiger partial charge in [0.2, 0.25) is 10.0 Å². The maximum atomic E-state index is 12.7. The van der Waals surface area contributed by atoms with Gasteiger partial charge in [-0.15, -0.1) is 0 Å². The van der Waals surface area contributed by atoms with Crippen LogP contribution in [-0.4, -0.2) is 50.1 Å². The fraction of sp³-hybridized carbons (Fsp3) is 0.538. The van der Waals surface area contributed by atoms with Gasteiger partial charge >= 0.3 is 7.12 Å². The largest absolute Gasteiger partial charge is 0.495 e. The van der Waals surface area contributed by atoms with E-state index in [1.807, 2.05) is 0 Å². The molecule has 1 aliphatic heterocycles. The highest BCUT2D eigenvalue weighted by Crippen LogP contribution is 2.28. The monoisotopic (exact) mass is 313 g/mol. The molecule has 0 radical (unpaired) electrons. The van der Waals surface area contributed by atoms with E-state index in [1.165, 1.54) is 29.6 Å². The summed E-state index contributed by atoms with van der Waals surface area (Å²) in [7, 11) is -4.02. The topological polar surface area (TPSA) is 87.1 Å². The molecule has 21 heavy (non-hydrogen) atoms. The number of rotatable bonds is 4. The molecular formula is C13H20BNO5S. The average molecular weight is 313 g/mol. The van der Waals surface area contributed by atoms with E-state index in [-0.39, 0.29) is 16.1 Å². The van der Waals surface area contributed by atoms with Crippen LogP contribution in [0.15, 0.2) is 23.1 Å². The Kier molecular flexibility index (Phi) is 4.93. The Morgan fingerprint density at radius 1 is 1.29 bits per heavy atom. The highest BCUT2D eigenvalue weighted by molar-refractivity contribution is 7.89. The molecule has 1 fully saturated rings. The number of sulfonamides is 1. The van der Waals surface area contributed by atoms with Crippen molar-refractivity contribution < 1.29 is 23.2 Å². The van der Waals surface area contributed by atoms with Gasteiger partial charge in [0.05, 0.1) is 7.11 Å². The van der Waals surface area contributed by atoms with Crippen LogP contribution in [-0.2, 0) is 10.0 Å². The summed E-state index contributed by atoms with van der Waals surface area (Å²) >= 11 is 0. The molecule has 1 aliphatic rings. The highest BCUT2D eigenvalue weighted by atomic mass is 32.2. The van der Waals surface area contributed by atoms with Crippen molar-refractivity contribution >= 4 is 22.6 Å². The fourth-order valence-corrected chi connectivity index (χ4v) is 4.08. The van der Waals surface area contributed by atoms with Crippen LogP contribution in [0.3, 0.4) is 0 Å². The van der Waals surface area contributed by atoms with Crippen LogP contribution in [0.1, 0.15) is 19.8 Å². The number of hydrogen-bond donors (Lipinski definition) is 2. The zero-order valence-electron chi connectivity index (χ0n) is 12.2. The molecule has 1 aromatic carbocycles. The summed E-state index contributed by atoms with van der Waals surface area (Å²) in [5.74, 6) is 0.724. The van der Waals surface area contributed by atoms with Crippen LogP contribution < -0.4 is 10.2 Å². The molecular weight excluding hydrogens is 293 g/mol. The van der Waals surface area contributed by atoms with Gasteiger partial charge in [0.15, 0.2) is 0 Å². The van der Waals surface area contributed by atoms with E-state index in [0.717, 1.165) is 12.8 Å². The molecule has 1 aromatic rings. The molecule has 8 heteroatoms. The molecule has 2 rings (SSSR count). The Morgan fingerprint density at radius 3 is 2.43 bits per heavy atom. The van der Waals surface area contributed by atoms with Gasteiger partial charge in [0.1, 0.15) is 10.6 Å². The summed E-state index contributed by atoms with van der Waals surface area (Å²) in [5.41, 5.74) is 0.125. The van der Waals surface area contributed by atoms with Gasteiger partial charge in [0, 0.05) is 13.1 Å². The zero-order chi connectivity index (χ0) is 15.6. The summed E-state index contributed by atoms with van der Waals surface area (Å²) in [5, 5.41) is 18.5. The molecule has 0 unspecified atom stereocenters. The van der Waals surface area contributed by atoms with Crippen molar-refractivity contribution in [2.45, 2.75) is 24.7 Å². The fourth-order valence-electron chi connectivity index (χ4n) is 2.42. The third kappa shape index (κ3) is 3.40. The summed E-state index contributed by atoms with van der Waals surface area (Å²) in [4.78, 5) is -0.0230. The van der Waals surface area contributed by atoms with Gasteiger partial charge < -0.3 is 14.8 Å². The van der Waals surface area contributed by atoms with E-state index in [9.17, 15) is 18.5 Å². The van der Waals surface area contributed by atoms with Gasteiger partial charge in [-0.3, -0.25) is 0 Å². The van der Waals surface area contributed by atoms with Crippen molar-refractivity contribution in [1.82, 2.24) is 4.31 Å². The third-order valence-corrected chi connectivity index (χ3v) is 5.77. The Bertz CT molecular complexity index is 597. The molecule has 0 aliphatic carbocycles. The van der Waals surface area contributed by atoms with Gasteiger partial charge in [-0.2, -0.15) is 4.31 Å². The second-order valence-corrected chi connectivity index (χ2v) is 7.28. The van der Waals surface area contributed by atoms with E-state index in [0.29, 0.717) is 19.0 Å². The molecule has 6 nitrogen and oxygen atoms in total. The molecule has 1 saturated heterocycles. The number of piperidine rings is 1. The Morgan fingerprint density at radius 2 is 1.90 bits per heavy atom. The Hall–Kier alpha value is -1.09. The SMILES string of the molecule is COc1ccc(B(O)O)cc1S(=O)(=O)N1CCC(C)CC1. The molecule has 0 saturated carbocycles. The van der Waals surface area contributed by atoms with Crippen molar-refractivity contribution in [1.29, 1.82) is 0 Å². The number of nitrogens with zero attached hydrogens (tertiary/aromatic N) is 1. The summed E-state index contributed by atoms with van der Waals surface area (Å²) in [6.45, 7) is 3.05. The van der Waals surface area contributed by atoms with Crippen molar-refractivity contribution in [2.75, 3.05) is 20.2 Å². The molecule has 0 amide bonds. The van der Waals surface area contributed by atoms with Gasteiger partial charge in [-0.25, -0.2) is 8.42 Å². The Labute approximate surface area is 125 Å². The predicted molar refractivity (Wildman–Crippen MR) is 80.0 cm³/mol. The first-order valence-corrected chi connectivity index (χ1v) is 8.34. The molecule has 0 bridgehead atoms. The van der Waals surface area contributed by atoms with Gasteiger partial charge in [-0.1, -0.05) is 13.0 Å². The summed E-state index contributed by atoms with van der Waals surface area (Å²) in [6, 6.07) is 4.13. The number of methoxy groups -OCH3 is 1. The maximum absolute atomic E-state index is 12.7. The molecule has 116 valence electrons. The molecule has 0 aromatic heterocycles. The van der Waals surface area contributed by atoms with Crippen LogP contribution in [0, 0.1) is 5.92 Å². The lowest BCUT2D eigenvalue weighted by atomic mass is 9.80. The maximum Gasteiger partial charge on any atom is 0.488 e. The number of benzene rings is 1. The van der Waals surface area contributed by atoms with Crippen molar-refractivity contribution in [2.24, 2.45) is 5.92 Å². The van der Waals surface area contributed by atoms with Crippen LogP contribution in [0.4, 0.5) is 0 Å². The van der Waals surface area contributed by atoms with Crippen molar-refractivity contribution in [3.8, 4) is 5.75 Å². The number of hydrogen-bond acceptors (Lipinski definition) is 5. The van der Waals surface area contributed by atoms with E-state index in [1.54, 1.807) is 0 Å². The lowest BCUT2D eigenvalue weighted by molar-refractivity contribution is 0.287. The average Bonchev–Trinajstić information content (AvgIpc) is 2.46. The lowest BCUT2D eigenvalue weighted by Crippen LogP contribution is -2.39. The molecule has 0 atom stereocenters. The first kappa shape index (κ1) is 16.3. The van der Waals surface area contributed by atoms with Crippen molar-refractivity contribution in [3.63, 3.8) is 0 Å². The molecule has 1 heterocycles. The first-order chi connectivity index (χ1) is 9.86. The standard InChI is InChI=1S/C13H20BNO5S/c1-10-5-7-15(8-6-10)21(18,19)13-9-11(14(16)17)3-4-12(13)20-2/h3-4,9-10,16-17H,5-8H2,1-2H3. The summed E-state index contributed by atoms with van der Waals surface area (Å²) < 4.78 is 32.0. The predicted octanol–water partition coefficient (Wildman–Crippen LogP) is -0.204. The minimum Gasteiger partial charge on any atom is -0.495 e. The quantitative estimate of drug-likeness (QED) is 0.752. The lowest BCUT2D eigenvalue weighted by Gasteiger charge is -2.30. The normalized spacial score (nSPS) is 17.7. The second-order valence-electron chi connectivity index (χ2n) is 5.37.